The van der Waals surface area contributed by atoms with Crippen molar-refractivity contribution in [1.29, 1.82) is 0 Å². The van der Waals surface area contributed by atoms with Gasteiger partial charge >= 0.3 is 0 Å². The predicted octanol–water partition coefficient (Wildman–Crippen LogP) is 3.18. The van der Waals surface area contributed by atoms with Crippen LogP contribution in [-0.2, 0) is 6.54 Å². The van der Waals surface area contributed by atoms with Crippen molar-refractivity contribution in [3.63, 3.8) is 0 Å². The molecule has 96 valence electrons. The van der Waals surface area contributed by atoms with Crippen LogP contribution in [-0.4, -0.2) is 24.1 Å². The van der Waals surface area contributed by atoms with Gasteiger partial charge in [0.25, 0.3) is 0 Å². The molecule has 2 aromatic heterocycles. The number of nitrogens with zero attached hydrogens (tertiary/aromatic N) is 3. The third-order valence-electron chi connectivity index (χ3n) is 2.68. The molecule has 0 aliphatic rings. The molecule has 0 aromatic carbocycles. The first-order chi connectivity index (χ1) is 8.61. The van der Waals surface area contributed by atoms with Gasteiger partial charge in [0.05, 0.1) is 10.9 Å². The molecule has 0 spiro atoms. The summed E-state index contributed by atoms with van der Waals surface area (Å²) in [5.74, 6) is 1.79. The molecule has 0 saturated heterocycles. The van der Waals surface area contributed by atoms with Crippen molar-refractivity contribution in [2.75, 3.05) is 24.3 Å². The van der Waals surface area contributed by atoms with Gasteiger partial charge in [0.15, 0.2) is 0 Å². The number of aromatic nitrogens is 2. The number of anilines is 2. The maximum atomic E-state index is 5.93. The van der Waals surface area contributed by atoms with Gasteiger partial charge in [-0.2, -0.15) is 0 Å². The molecule has 2 heterocycles. The second kappa shape index (κ2) is 5.54. The third kappa shape index (κ3) is 2.73. The van der Waals surface area contributed by atoms with Gasteiger partial charge in [-0.1, -0.05) is 11.6 Å². The standard InChI is InChI=1S/C12H15ClN4S/c1-8-11(14-2)15-7-16-12(8)17(3)6-9-4-5-10(13)18-9/h4-5,7H,6H2,1-3H3,(H,14,15,16). The van der Waals surface area contributed by atoms with Crippen molar-refractivity contribution in [3.05, 3.63) is 33.2 Å². The lowest BCUT2D eigenvalue weighted by molar-refractivity contribution is 0.895. The minimum Gasteiger partial charge on any atom is -0.373 e. The Balaban J connectivity index is 2.21. The molecule has 6 heteroatoms. The largest absolute Gasteiger partial charge is 0.373 e. The average Bonchev–Trinajstić information content (AvgIpc) is 2.75. The molecule has 0 atom stereocenters. The van der Waals surface area contributed by atoms with Crippen molar-refractivity contribution >= 4 is 34.6 Å². The zero-order valence-corrected chi connectivity index (χ0v) is 12.1. The highest BCUT2D eigenvalue weighted by Gasteiger charge is 2.11. The second-order valence-electron chi connectivity index (χ2n) is 3.98. The summed E-state index contributed by atoms with van der Waals surface area (Å²) in [7, 11) is 3.88. The molecule has 0 aliphatic carbocycles. The summed E-state index contributed by atoms with van der Waals surface area (Å²) in [6, 6.07) is 3.96. The van der Waals surface area contributed by atoms with Crippen LogP contribution in [0.3, 0.4) is 0 Å². The number of thiophene rings is 1. The van der Waals surface area contributed by atoms with E-state index < -0.39 is 0 Å². The van der Waals surface area contributed by atoms with Gasteiger partial charge in [0.1, 0.15) is 18.0 Å². The van der Waals surface area contributed by atoms with Crippen LogP contribution in [0.4, 0.5) is 11.6 Å². The molecular weight excluding hydrogens is 268 g/mol. The average molecular weight is 283 g/mol. The van der Waals surface area contributed by atoms with Crippen LogP contribution in [0.5, 0.6) is 0 Å². The molecule has 0 unspecified atom stereocenters. The van der Waals surface area contributed by atoms with Crippen molar-refractivity contribution in [2.45, 2.75) is 13.5 Å². The lowest BCUT2D eigenvalue weighted by Crippen LogP contribution is -2.19. The molecule has 0 saturated carbocycles. The maximum Gasteiger partial charge on any atom is 0.137 e. The predicted molar refractivity (Wildman–Crippen MR) is 77.8 cm³/mol. The third-order valence-corrected chi connectivity index (χ3v) is 3.89. The van der Waals surface area contributed by atoms with Gasteiger partial charge in [-0.25, -0.2) is 9.97 Å². The molecule has 0 radical (unpaired) electrons. The summed E-state index contributed by atoms with van der Waals surface area (Å²) in [4.78, 5) is 11.8. The lowest BCUT2D eigenvalue weighted by Gasteiger charge is -2.20. The van der Waals surface area contributed by atoms with Crippen LogP contribution in [0.15, 0.2) is 18.5 Å². The zero-order valence-electron chi connectivity index (χ0n) is 10.6. The first-order valence-corrected chi connectivity index (χ1v) is 6.76. The van der Waals surface area contributed by atoms with Crippen LogP contribution in [0.1, 0.15) is 10.4 Å². The quantitative estimate of drug-likeness (QED) is 0.935. The Labute approximate surface area is 116 Å². The summed E-state index contributed by atoms with van der Waals surface area (Å²) in [5.41, 5.74) is 1.05. The van der Waals surface area contributed by atoms with E-state index in [2.05, 4.69) is 20.2 Å². The van der Waals surface area contributed by atoms with Crippen LogP contribution in [0, 0.1) is 6.92 Å². The lowest BCUT2D eigenvalue weighted by atomic mass is 10.3. The first kappa shape index (κ1) is 13.1. The molecule has 2 rings (SSSR count). The summed E-state index contributed by atoms with van der Waals surface area (Å²) in [6.45, 7) is 2.80. The highest BCUT2D eigenvalue weighted by atomic mass is 35.5. The highest BCUT2D eigenvalue weighted by Crippen LogP contribution is 2.26. The topological polar surface area (TPSA) is 41.1 Å². The molecule has 18 heavy (non-hydrogen) atoms. The molecule has 2 aromatic rings. The van der Waals surface area contributed by atoms with Crippen LogP contribution in [0.2, 0.25) is 4.34 Å². The summed E-state index contributed by atoms with van der Waals surface area (Å²) in [6.07, 6.45) is 1.58. The van der Waals surface area contributed by atoms with E-state index >= 15 is 0 Å². The van der Waals surface area contributed by atoms with Gasteiger partial charge in [-0.3, -0.25) is 0 Å². The van der Waals surface area contributed by atoms with Gasteiger partial charge < -0.3 is 10.2 Å². The van der Waals surface area contributed by atoms with Gasteiger partial charge in [0.2, 0.25) is 0 Å². The minimum absolute atomic E-state index is 0.790. The summed E-state index contributed by atoms with van der Waals surface area (Å²) in [5, 5.41) is 3.06. The Morgan fingerprint density at radius 2 is 2.17 bits per heavy atom. The van der Waals surface area contributed by atoms with Gasteiger partial charge in [0, 0.05) is 24.5 Å². The molecular formula is C12H15ClN4S. The molecule has 0 fully saturated rings. The molecule has 4 nitrogen and oxygen atoms in total. The maximum absolute atomic E-state index is 5.93. The second-order valence-corrected chi connectivity index (χ2v) is 5.78. The first-order valence-electron chi connectivity index (χ1n) is 5.56. The van der Waals surface area contributed by atoms with E-state index in [1.807, 2.05) is 33.2 Å². The van der Waals surface area contributed by atoms with Crippen molar-refractivity contribution in [1.82, 2.24) is 9.97 Å². The van der Waals surface area contributed by atoms with E-state index in [1.165, 1.54) is 4.88 Å². The van der Waals surface area contributed by atoms with Gasteiger partial charge in [-0.05, 0) is 19.1 Å². The van der Waals surface area contributed by atoms with E-state index in [9.17, 15) is 0 Å². The van der Waals surface area contributed by atoms with Crippen molar-refractivity contribution < 1.29 is 0 Å². The number of hydrogen-bond acceptors (Lipinski definition) is 5. The summed E-state index contributed by atoms with van der Waals surface area (Å²) < 4.78 is 0.814. The van der Waals surface area contributed by atoms with Crippen LogP contribution >= 0.6 is 22.9 Å². The number of nitrogens with one attached hydrogen (secondary N) is 1. The number of hydrogen-bond donors (Lipinski definition) is 1. The fourth-order valence-electron chi connectivity index (χ4n) is 1.82. The molecule has 0 amide bonds. The SMILES string of the molecule is CNc1ncnc(N(C)Cc2ccc(Cl)s2)c1C. The smallest absolute Gasteiger partial charge is 0.137 e. The molecule has 1 N–H and O–H groups in total. The Morgan fingerprint density at radius 1 is 1.39 bits per heavy atom. The van der Waals surface area contributed by atoms with E-state index in [0.29, 0.717) is 0 Å². The monoisotopic (exact) mass is 282 g/mol. The van der Waals surface area contributed by atoms with Crippen LogP contribution < -0.4 is 10.2 Å². The Hall–Kier alpha value is -1.33. The molecule has 0 bridgehead atoms. The summed E-state index contributed by atoms with van der Waals surface area (Å²) >= 11 is 7.52. The normalized spacial score (nSPS) is 10.4. The Kier molecular flexibility index (Phi) is 4.04. The van der Waals surface area contributed by atoms with E-state index in [-0.39, 0.29) is 0 Å². The van der Waals surface area contributed by atoms with E-state index in [0.717, 1.165) is 28.1 Å². The van der Waals surface area contributed by atoms with Crippen molar-refractivity contribution in [3.8, 4) is 0 Å². The Morgan fingerprint density at radius 3 is 2.78 bits per heavy atom. The Bertz CT molecular complexity index is 541. The fraction of sp³-hybridized carbons (Fsp3) is 0.333. The highest BCUT2D eigenvalue weighted by molar-refractivity contribution is 7.16. The van der Waals surface area contributed by atoms with Gasteiger partial charge in [-0.15, -0.1) is 11.3 Å². The minimum atomic E-state index is 0.790. The zero-order chi connectivity index (χ0) is 13.1. The van der Waals surface area contributed by atoms with Crippen molar-refractivity contribution in [2.24, 2.45) is 0 Å². The fourth-order valence-corrected chi connectivity index (χ4v) is 2.96. The molecule has 0 aliphatic heterocycles. The van der Waals surface area contributed by atoms with Crippen LogP contribution in [0.25, 0.3) is 0 Å². The number of rotatable bonds is 4. The van der Waals surface area contributed by atoms with E-state index in [1.54, 1.807) is 17.7 Å². The van der Waals surface area contributed by atoms with E-state index in [4.69, 9.17) is 11.6 Å². The number of halogens is 1.